The Morgan fingerprint density at radius 2 is 1.91 bits per heavy atom. The first-order valence-corrected chi connectivity index (χ1v) is 11.9. The number of nitrogens with one attached hydrogen (secondary N) is 2. The fraction of sp³-hybridized carbons (Fsp3) is 0.308. The summed E-state index contributed by atoms with van der Waals surface area (Å²) in [5, 5.41) is 8.00. The molecule has 5 nitrogen and oxygen atoms in total. The van der Waals surface area contributed by atoms with Gasteiger partial charge in [-0.3, -0.25) is 9.59 Å². The molecule has 2 N–H and O–H groups in total. The number of hydrogen-bond acceptors (Lipinski definition) is 4. The molecule has 0 bridgehead atoms. The number of aryl methyl sites for hydroxylation is 1. The van der Waals surface area contributed by atoms with E-state index in [9.17, 15) is 9.59 Å². The van der Waals surface area contributed by atoms with Gasteiger partial charge in [-0.1, -0.05) is 44.2 Å². The number of amides is 2. The van der Waals surface area contributed by atoms with Gasteiger partial charge in [0.05, 0.1) is 6.04 Å². The fourth-order valence-electron chi connectivity index (χ4n) is 3.83. The van der Waals surface area contributed by atoms with Gasteiger partial charge < -0.3 is 15.4 Å². The van der Waals surface area contributed by atoms with Crippen LogP contribution in [0.15, 0.2) is 60.0 Å². The lowest BCUT2D eigenvalue weighted by Crippen LogP contribution is -2.33. The van der Waals surface area contributed by atoms with Crippen molar-refractivity contribution in [1.29, 1.82) is 0 Å². The van der Waals surface area contributed by atoms with Crippen LogP contribution in [-0.2, 0) is 16.0 Å². The highest BCUT2D eigenvalue weighted by atomic mass is 32.1. The SMILES string of the molecule is CCC(C)c1ccc(C(NC(=O)COc2ccc3c(c2)CCC(=O)N3)c2cccs2)cc1. The van der Waals surface area contributed by atoms with Crippen LogP contribution < -0.4 is 15.4 Å². The minimum atomic E-state index is -0.212. The monoisotopic (exact) mass is 448 g/mol. The van der Waals surface area contributed by atoms with Crippen LogP contribution in [0.2, 0.25) is 0 Å². The molecule has 166 valence electrons. The van der Waals surface area contributed by atoms with Gasteiger partial charge in [0.15, 0.2) is 6.61 Å². The van der Waals surface area contributed by atoms with Crippen molar-refractivity contribution in [2.24, 2.45) is 0 Å². The second-order valence-corrected chi connectivity index (χ2v) is 9.13. The molecule has 0 saturated heterocycles. The maximum atomic E-state index is 12.8. The number of ether oxygens (including phenoxy) is 1. The molecule has 32 heavy (non-hydrogen) atoms. The maximum Gasteiger partial charge on any atom is 0.258 e. The van der Waals surface area contributed by atoms with E-state index in [-0.39, 0.29) is 24.5 Å². The maximum absolute atomic E-state index is 12.8. The Bertz CT molecular complexity index is 1080. The summed E-state index contributed by atoms with van der Waals surface area (Å²) in [5.74, 6) is 0.987. The molecule has 0 radical (unpaired) electrons. The van der Waals surface area contributed by atoms with Crippen molar-refractivity contribution in [3.63, 3.8) is 0 Å². The Morgan fingerprint density at radius 3 is 2.62 bits per heavy atom. The van der Waals surface area contributed by atoms with E-state index in [0.717, 1.165) is 28.1 Å². The van der Waals surface area contributed by atoms with Gasteiger partial charge in [-0.05, 0) is 65.1 Å². The molecule has 0 fully saturated rings. The lowest BCUT2D eigenvalue weighted by atomic mass is 9.95. The predicted molar refractivity (Wildman–Crippen MR) is 128 cm³/mol. The van der Waals surface area contributed by atoms with Crippen LogP contribution in [0.1, 0.15) is 60.2 Å². The number of carbonyl (C=O) groups is 2. The van der Waals surface area contributed by atoms with Crippen molar-refractivity contribution in [1.82, 2.24) is 5.32 Å². The molecular formula is C26H28N2O3S. The van der Waals surface area contributed by atoms with Gasteiger partial charge in [-0.15, -0.1) is 11.3 Å². The van der Waals surface area contributed by atoms with Crippen LogP contribution in [0.4, 0.5) is 5.69 Å². The molecule has 2 atom stereocenters. The van der Waals surface area contributed by atoms with E-state index >= 15 is 0 Å². The number of thiophene rings is 1. The molecule has 2 amide bonds. The summed E-state index contributed by atoms with van der Waals surface area (Å²) >= 11 is 1.62. The average molecular weight is 449 g/mol. The third kappa shape index (κ3) is 5.19. The summed E-state index contributed by atoms with van der Waals surface area (Å²) in [5.41, 5.74) is 4.20. The highest BCUT2D eigenvalue weighted by Crippen LogP contribution is 2.29. The Morgan fingerprint density at radius 1 is 1.12 bits per heavy atom. The molecule has 0 saturated carbocycles. The second kappa shape index (κ2) is 10.0. The lowest BCUT2D eigenvalue weighted by Gasteiger charge is -2.20. The van der Waals surface area contributed by atoms with Crippen LogP contribution in [0, 0.1) is 0 Å². The minimum absolute atomic E-state index is 0.0300. The van der Waals surface area contributed by atoms with Gasteiger partial charge in [0.25, 0.3) is 5.91 Å². The Balaban J connectivity index is 1.43. The van der Waals surface area contributed by atoms with Crippen molar-refractivity contribution in [2.75, 3.05) is 11.9 Å². The molecule has 0 aliphatic carbocycles. The van der Waals surface area contributed by atoms with Crippen molar-refractivity contribution < 1.29 is 14.3 Å². The lowest BCUT2D eigenvalue weighted by molar-refractivity contribution is -0.123. The van der Waals surface area contributed by atoms with Crippen molar-refractivity contribution in [3.05, 3.63) is 81.5 Å². The third-order valence-electron chi connectivity index (χ3n) is 5.93. The quantitative estimate of drug-likeness (QED) is 0.483. The Hall–Kier alpha value is -3.12. The summed E-state index contributed by atoms with van der Waals surface area (Å²) in [4.78, 5) is 25.4. The standard InChI is InChI=1S/C26H28N2O3S/c1-3-17(2)18-6-8-19(9-7-18)26(23-5-4-14-32-23)28-25(30)16-31-21-11-12-22-20(15-21)10-13-24(29)27-22/h4-9,11-12,14-15,17,26H,3,10,13,16H2,1-2H3,(H,27,29)(H,28,30). The van der Waals surface area contributed by atoms with E-state index in [2.05, 4.69) is 48.7 Å². The predicted octanol–water partition coefficient (Wildman–Crippen LogP) is 5.43. The van der Waals surface area contributed by atoms with Crippen molar-refractivity contribution in [2.45, 2.75) is 45.1 Å². The van der Waals surface area contributed by atoms with E-state index in [4.69, 9.17) is 4.74 Å². The van der Waals surface area contributed by atoms with Gasteiger partial charge >= 0.3 is 0 Å². The summed E-state index contributed by atoms with van der Waals surface area (Å²) < 4.78 is 5.76. The summed E-state index contributed by atoms with van der Waals surface area (Å²) in [6.45, 7) is 4.34. The number of fused-ring (bicyclic) bond motifs is 1. The van der Waals surface area contributed by atoms with Crippen LogP contribution in [-0.4, -0.2) is 18.4 Å². The smallest absolute Gasteiger partial charge is 0.258 e. The van der Waals surface area contributed by atoms with Gasteiger partial charge in [-0.25, -0.2) is 0 Å². The molecule has 4 rings (SSSR count). The Kier molecular flexibility index (Phi) is 6.90. The highest BCUT2D eigenvalue weighted by Gasteiger charge is 2.19. The molecule has 2 heterocycles. The first-order valence-electron chi connectivity index (χ1n) is 11.0. The number of anilines is 1. The summed E-state index contributed by atoms with van der Waals surface area (Å²) in [6.07, 6.45) is 2.24. The number of carbonyl (C=O) groups excluding carboxylic acids is 2. The normalized spacial score (nSPS) is 14.8. The fourth-order valence-corrected chi connectivity index (χ4v) is 4.63. The number of benzene rings is 2. The summed E-state index contributed by atoms with van der Waals surface area (Å²) in [6, 6.07) is 17.8. The van der Waals surface area contributed by atoms with Crippen LogP contribution in [0.25, 0.3) is 0 Å². The van der Waals surface area contributed by atoms with Crippen LogP contribution in [0.3, 0.4) is 0 Å². The van der Waals surface area contributed by atoms with Gasteiger partial charge in [0.1, 0.15) is 5.75 Å². The molecule has 6 heteroatoms. The molecule has 2 unspecified atom stereocenters. The van der Waals surface area contributed by atoms with E-state index in [0.29, 0.717) is 24.5 Å². The van der Waals surface area contributed by atoms with E-state index in [1.807, 2.05) is 29.6 Å². The van der Waals surface area contributed by atoms with Gasteiger partial charge in [0, 0.05) is 17.0 Å². The average Bonchev–Trinajstić information content (AvgIpc) is 3.35. The van der Waals surface area contributed by atoms with Crippen LogP contribution in [0.5, 0.6) is 5.75 Å². The summed E-state index contributed by atoms with van der Waals surface area (Å²) in [7, 11) is 0. The topological polar surface area (TPSA) is 67.4 Å². The van der Waals surface area contributed by atoms with Gasteiger partial charge in [0.2, 0.25) is 5.91 Å². The second-order valence-electron chi connectivity index (χ2n) is 8.15. The zero-order valence-corrected chi connectivity index (χ0v) is 19.2. The molecule has 2 aromatic carbocycles. The van der Waals surface area contributed by atoms with E-state index in [1.54, 1.807) is 17.4 Å². The zero-order chi connectivity index (χ0) is 22.5. The first kappa shape index (κ1) is 22.1. The van der Waals surface area contributed by atoms with Crippen LogP contribution >= 0.6 is 11.3 Å². The number of hydrogen-bond donors (Lipinski definition) is 2. The Labute approximate surface area is 192 Å². The zero-order valence-electron chi connectivity index (χ0n) is 18.4. The van der Waals surface area contributed by atoms with E-state index in [1.165, 1.54) is 5.56 Å². The highest BCUT2D eigenvalue weighted by molar-refractivity contribution is 7.10. The molecular weight excluding hydrogens is 420 g/mol. The van der Waals surface area contributed by atoms with Crippen molar-refractivity contribution in [3.8, 4) is 5.75 Å². The molecule has 1 aromatic heterocycles. The molecule has 1 aliphatic rings. The first-order chi connectivity index (χ1) is 15.5. The molecule has 1 aliphatic heterocycles. The van der Waals surface area contributed by atoms with Gasteiger partial charge in [-0.2, -0.15) is 0 Å². The third-order valence-corrected chi connectivity index (χ3v) is 6.86. The molecule has 3 aromatic rings. The minimum Gasteiger partial charge on any atom is -0.484 e. The van der Waals surface area contributed by atoms with E-state index < -0.39 is 0 Å². The number of rotatable bonds is 8. The largest absolute Gasteiger partial charge is 0.484 e. The van der Waals surface area contributed by atoms with Crippen molar-refractivity contribution >= 4 is 28.8 Å². The molecule has 0 spiro atoms.